The number of rotatable bonds is 8. The number of nitro groups is 1. The van der Waals surface area contributed by atoms with E-state index in [2.05, 4.69) is 10.6 Å². The molecule has 2 amide bonds. The molecule has 3 aromatic carbocycles. The lowest BCUT2D eigenvalue weighted by molar-refractivity contribution is -0.387. The minimum Gasteiger partial charge on any atom is -0.497 e. The van der Waals surface area contributed by atoms with Gasteiger partial charge in [0.15, 0.2) is 6.61 Å². The lowest BCUT2D eigenvalue weighted by Crippen LogP contribution is -2.20. The fraction of sp³-hybridized carbons (Fsp3) is 0.0909. The average Bonchev–Trinajstić information content (AvgIpc) is 2.78. The molecule has 3 rings (SSSR count). The van der Waals surface area contributed by atoms with Crippen molar-refractivity contribution < 1.29 is 28.4 Å². The molecular weight excluding hydrogens is 421 g/mol. The minimum atomic E-state index is -1.06. The van der Waals surface area contributed by atoms with Crippen LogP contribution < -0.4 is 20.1 Å². The number of hydrogen-bond acceptors (Lipinski definition) is 6. The highest BCUT2D eigenvalue weighted by Crippen LogP contribution is 2.22. The van der Waals surface area contributed by atoms with Crippen LogP contribution in [0, 0.1) is 15.9 Å². The summed E-state index contributed by atoms with van der Waals surface area (Å²) in [5.41, 5.74) is 0.733. The Bertz CT molecular complexity index is 1130. The van der Waals surface area contributed by atoms with Crippen molar-refractivity contribution in [2.75, 3.05) is 24.4 Å². The Hall–Kier alpha value is -4.47. The van der Waals surface area contributed by atoms with E-state index in [9.17, 15) is 24.1 Å². The van der Waals surface area contributed by atoms with Crippen molar-refractivity contribution in [3.63, 3.8) is 0 Å². The summed E-state index contributed by atoms with van der Waals surface area (Å²) < 4.78 is 23.8. The molecule has 9 nitrogen and oxygen atoms in total. The quantitative estimate of drug-likeness (QED) is 0.404. The summed E-state index contributed by atoms with van der Waals surface area (Å²) in [4.78, 5) is 34.1. The van der Waals surface area contributed by atoms with Crippen molar-refractivity contribution in [2.45, 2.75) is 0 Å². The molecular formula is C22H18FN3O6. The van der Waals surface area contributed by atoms with E-state index in [4.69, 9.17) is 9.47 Å². The first-order chi connectivity index (χ1) is 15.4. The summed E-state index contributed by atoms with van der Waals surface area (Å²) in [6.45, 7) is -0.434. The molecule has 10 heteroatoms. The van der Waals surface area contributed by atoms with E-state index in [-0.39, 0.29) is 11.7 Å². The summed E-state index contributed by atoms with van der Waals surface area (Å²) in [7, 11) is 1.55. The van der Waals surface area contributed by atoms with Crippen molar-refractivity contribution in [3.05, 3.63) is 88.2 Å². The molecule has 3 aromatic rings. The molecule has 0 atom stereocenters. The zero-order valence-electron chi connectivity index (χ0n) is 16.8. The minimum absolute atomic E-state index is 0.0196. The summed E-state index contributed by atoms with van der Waals surface area (Å²) in [6.07, 6.45) is 0. The first kappa shape index (κ1) is 22.2. The van der Waals surface area contributed by atoms with Gasteiger partial charge in [0.1, 0.15) is 11.5 Å². The summed E-state index contributed by atoms with van der Waals surface area (Å²) in [5, 5.41) is 15.9. The molecule has 0 heterocycles. The molecule has 0 aromatic heterocycles. The second-order valence-electron chi connectivity index (χ2n) is 6.47. The van der Waals surface area contributed by atoms with Crippen LogP contribution in [0.2, 0.25) is 0 Å². The monoisotopic (exact) mass is 439 g/mol. The van der Waals surface area contributed by atoms with E-state index in [1.54, 1.807) is 55.6 Å². The third kappa shape index (κ3) is 5.79. The third-order valence-electron chi connectivity index (χ3n) is 4.26. The number of benzene rings is 3. The van der Waals surface area contributed by atoms with E-state index >= 15 is 0 Å². The largest absolute Gasteiger partial charge is 0.497 e. The standard InChI is InChI=1S/C22H18FN3O6/c1-31-17-8-6-16(7-9-17)25-22(28)14-2-4-15(5-3-14)24-21(27)13-32-18-10-11-20(26(29)30)19(23)12-18/h2-12H,13H2,1H3,(H,24,27)(H,25,28). The number of halogens is 1. The number of nitro benzene ring substituents is 1. The molecule has 0 unspecified atom stereocenters. The van der Waals surface area contributed by atoms with Gasteiger partial charge in [-0.05, 0) is 54.6 Å². The lowest BCUT2D eigenvalue weighted by atomic mass is 10.2. The molecule has 164 valence electrons. The summed E-state index contributed by atoms with van der Waals surface area (Å²) >= 11 is 0. The fourth-order valence-corrected chi connectivity index (χ4v) is 2.65. The fourth-order valence-electron chi connectivity index (χ4n) is 2.65. The molecule has 0 fully saturated rings. The van der Waals surface area contributed by atoms with Crippen LogP contribution >= 0.6 is 0 Å². The second kappa shape index (κ2) is 10.0. The maximum Gasteiger partial charge on any atom is 0.305 e. The zero-order chi connectivity index (χ0) is 23.1. The molecule has 0 spiro atoms. The molecule has 0 saturated carbocycles. The molecule has 0 aliphatic carbocycles. The number of anilines is 2. The van der Waals surface area contributed by atoms with E-state index in [0.717, 1.165) is 12.1 Å². The first-order valence-electron chi connectivity index (χ1n) is 9.28. The second-order valence-corrected chi connectivity index (χ2v) is 6.47. The average molecular weight is 439 g/mol. The molecule has 0 aliphatic rings. The Kier molecular flexibility index (Phi) is 6.96. The Morgan fingerprint density at radius 1 is 0.938 bits per heavy atom. The Morgan fingerprint density at radius 2 is 1.53 bits per heavy atom. The van der Waals surface area contributed by atoms with Gasteiger partial charge in [0.25, 0.3) is 11.8 Å². The normalized spacial score (nSPS) is 10.2. The number of nitrogens with zero attached hydrogens (tertiary/aromatic N) is 1. The van der Waals surface area contributed by atoms with Gasteiger partial charge in [-0.2, -0.15) is 4.39 Å². The van der Waals surface area contributed by atoms with Crippen LogP contribution in [-0.2, 0) is 4.79 Å². The van der Waals surface area contributed by atoms with E-state index in [1.807, 2.05) is 0 Å². The molecule has 0 saturated heterocycles. The zero-order valence-corrected chi connectivity index (χ0v) is 16.8. The Morgan fingerprint density at radius 3 is 2.12 bits per heavy atom. The number of carbonyl (C=O) groups is 2. The highest BCUT2D eigenvalue weighted by Gasteiger charge is 2.15. The van der Waals surface area contributed by atoms with Crippen LogP contribution in [0.3, 0.4) is 0 Å². The number of hydrogen-bond donors (Lipinski definition) is 2. The van der Waals surface area contributed by atoms with Crippen LogP contribution in [0.25, 0.3) is 0 Å². The Labute approximate surface area is 181 Å². The summed E-state index contributed by atoms with van der Waals surface area (Å²) in [5.74, 6) is -1.26. The highest BCUT2D eigenvalue weighted by atomic mass is 19.1. The van der Waals surface area contributed by atoms with Gasteiger partial charge in [-0.25, -0.2) is 0 Å². The van der Waals surface area contributed by atoms with E-state index in [0.29, 0.717) is 22.7 Å². The number of amides is 2. The maximum absolute atomic E-state index is 13.6. The maximum atomic E-state index is 13.6. The van der Waals surface area contributed by atoms with Crippen molar-refractivity contribution in [1.29, 1.82) is 0 Å². The van der Waals surface area contributed by atoms with Crippen molar-refractivity contribution in [2.24, 2.45) is 0 Å². The summed E-state index contributed by atoms with van der Waals surface area (Å²) in [6, 6.07) is 16.0. The molecule has 32 heavy (non-hydrogen) atoms. The molecule has 2 N–H and O–H groups in total. The van der Waals surface area contributed by atoms with Crippen molar-refractivity contribution in [3.8, 4) is 11.5 Å². The van der Waals surface area contributed by atoms with Gasteiger partial charge in [-0.1, -0.05) is 0 Å². The van der Waals surface area contributed by atoms with Gasteiger partial charge in [0, 0.05) is 29.1 Å². The van der Waals surface area contributed by atoms with Gasteiger partial charge >= 0.3 is 5.69 Å². The number of ether oxygens (including phenoxy) is 2. The van der Waals surface area contributed by atoms with Crippen LogP contribution in [0.1, 0.15) is 10.4 Å². The SMILES string of the molecule is COc1ccc(NC(=O)c2ccc(NC(=O)COc3ccc([N+](=O)[O-])c(F)c3)cc2)cc1. The first-order valence-corrected chi connectivity index (χ1v) is 9.28. The molecule has 0 bridgehead atoms. The van der Waals surface area contributed by atoms with Gasteiger partial charge in [-0.3, -0.25) is 19.7 Å². The predicted molar refractivity (Wildman–Crippen MR) is 115 cm³/mol. The Balaban J connectivity index is 1.52. The molecule has 0 radical (unpaired) electrons. The number of methoxy groups -OCH3 is 1. The van der Waals surface area contributed by atoms with Gasteiger partial charge in [-0.15, -0.1) is 0 Å². The third-order valence-corrected chi connectivity index (χ3v) is 4.26. The van der Waals surface area contributed by atoms with Gasteiger partial charge in [0.2, 0.25) is 5.82 Å². The smallest absolute Gasteiger partial charge is 0.305 e. The van der Waals surface area contributed by atoms with Crippen molar-refractivity contribution in [1.82, 2.24) is 0 Å². The lowest BCUT2D eigenvalue weighted by Gasteiger charge is -2.09. The van der Waals surface area contributed by atoms with Crippen LogP contribution in [0.4, 0.5) is 21.5 Å². The predicted octanol–water partition coefficient (Wildman–Crippen LogP) is 4.01. The number of carbonyl (C=O) groups excluding carboxylic acids is 2. The van der Waals surface area contributed by atoms with Gasteiger partial charge < -0.3 is 20.1 Å². The topological polar surface area (TPSA) is 120 Å². The number of nitrogens with one attached hydrogen (secondary N) is 2. The van der Waals surface area contributed by atoms with Crippen molar-refractivity contribution >= 4 is 28.9 Å². The van der Waals surface area contributed by atoms with E-state index < -0.39 is 28.9 Å². The van der Waals surface area contributed by atoms with E-state index in [1.165, 1.54) is 6.07 Å². The van der Waals surface area contributed by atoms with Crippen LogP contribution in [0.5, 0.6) is 11.5 Å². The highest BCUT2D eigenvalue weighted by molar-refractivity contribution is 6.04. The van der Waals surface area contributed by atoms with Crippen LogP contribution in [-0.4, -0.2) is 30.5 Å². The molecule has 0 aliphatic heterocycles. The van der Waals surface area contributed by atoms with Gasteiger partial charge in [0.05, 0.1) is 12.0 Å². The van der Waals surface area contributed by atoms with Crippen LogP contribution in [0.15, 0.2) is 66.7 Å².